The van der Waals surface area contributed by atoms with E-state index in [1.165, 1.54) is 0 Å². The maximum Gasteiger partial charge on any atom is 0.253 e. The highest BCUT2D eigenvalue weighted by molar-refractivity contribution is 6.30. The van der Waals surface area contributed by atoms with Crippen LogP contribution in [0.5, 0.6) is 5.75 Å². The lowest BCUT2D eigenvalue weighted by atomic mass is 10.1. The Kier molecular flexibility index (Phi) is 4.25. The van der Waals surface area contributed by atoms with E-state index in [2.05, 4.69) is 15.5 Å². The predicted octanol–water partition coefficient (Wildman–Crippen LogP) is 3.03. The van der Waals surface area contributed by atoms with E-state index in [0.717, 1.165) is 10.9 Å². The summed E-state index contributed by atoms with van der Waals surface area (Å²) in [5.74, 6) is 0.559. The molecule has 22 heavy (non-hydrogen) atoms. The van der Waals surface area contributed by atoms with E-state index < -0.39 is 0 Å². The van der Waals surface area contributed by atoms with Crippen LogP contribution in [-0.2, 0) is 0 Å². The van der Waals surface area contributed by atoms with Crippen LogP contribution in [-0.4, -0.2) is 29.3 Å². The molecule has 0 aliphatic heterocycles. The molecule has 0 saturated carbocycles. The van der Waals surface area contributed by atoms with E-state index >= 15 is 0 Å². The number of halogens is 1. The fraction of sp³-hybridized carbons (Fsp3) is 0.125. The highest BCUT2D eigenvalue weighted by atomic mass is 35.5. The minimum atomic E-state index is -0.158. The zero-order valence-corrected chi connectivity index (χ0v) is 12.4. The van der Waals surface area contributed by atoms with Crippen LogP contribution in [0.15, 0.2) is 48.7 Å². The molecule has 0 aliphatic rings. The van der Waals surface area contributed by atoms with E-state index in [4.69, 9.17) is 16.3 Å². The number of fused-ring (bicyclic) bond motifs is 1. The van der Waals surface area contributed by atoms with Crippen molar-refractivity contribution in [3.05, 3.63) is 59.2 Å². The Morgan fingerprint density at radius 1 is 1.23 bits per heavy atom. The lowest BCUT2D eigenvalue weighted by molar-refractivity contribution is 0.0948. The standard InChI is InChI=1S/C16H14ClN3O2/c17-12-4-6-13(7-5-12)22-9-8-18-16(21)14-3-1-2-11-10-19-20-15(11)14/h1-7,10H,8-9H2,(H,18,21)(H,19,20). The van der Waals surface area contributed by atoms with Crippen LogP contribution in [0.4, 0.5) is 0 Å². The maximum absolute atomic E-state index is 12.2. The number of ether oxygens (including phenoxy) is 1. The second kappa shape index (κ2) is 6.49. The van der Waals surface area contributed by atoms with Gasteiger partial charge in [-0.15, -0.1) is 0 Å². The molecule has 112 valence electrons. The Morgan fingerprint density at radius 3 is 2.86 bits per heavy atom. The quantitative estimate of drug-likeness (QED) is 0.711. The number of para-hydroxylation sites is 1. The summed E-state index contributed by atoms with van der Waals surface area (Å²) in [7, 11) is 0. The fourth-order valence-corrected chi connectivity index (χ4v) is 2.24. The molecule has 2 aromatic carbocycles. The first-order valence-corrected chi connectivity index (χ1v) is 7.20. The van der Waals surface area contributed by atoms with Gasteiger partial charge < -0.3 is 10.1 Å². The number of rotatable bonds is 5. The molecule has 0 radical (unpaired) electrons. The maximum atomic E-state index is 12.2. The van der Waals surface area contributed by atoms with Gasteiger partial charge in [-0.1, -0.05) is 23.7 Å². The summed E-state index contributed by atoms with van der Waals surface area (Å²) in [6.45, 7) is 0.790. The number of hydrogen-bond donors (Lipinski definition) is 2. The van der Waals surface area contributed by atoms with Crippen molar-refractivity contribution >= 4 is 28.4 Å². The molecule has 0 unspecified atom stereocenters. The summed E-state index contributed by atoms with van der Waals surface area (Å²) >= 11 is 5.80. The average Bonchev–Trinajstić information content (AvgIpc) is 3.01. The summed E-state index contributed by atoms with van der Waals surface area (Å²) in [5, 5.41) is 11.2. The second-order valence-electron chi connectivity index (χ2n) is 4.70. The summed E-state index contributed by atoms with van der Waals surface area (Å²) < 4.78 is 5.53. The number of hydrogen-bond acceptors (Lipinski definition) is 3. The average molecular weight is 316 g/mol. The van der Waals surface area contributed by atoms with Crippen LogP contribution in [0.1, 0.15) is 10.4 Å². The summed E-state index contributed by atoms with van der Waals surface area (Å²) in [4.78, 5) is 12.2. The lowest BCUT2D eigenvalue weighted by Crippen LogP contribution is -2.28. The van der Waals surface area contributed by atoms with E-state index in [1.807, 2.05) is 12.1 Å². The zero-order valence-electron chi connectivity index (χ0n) is 11.7. The number of H-pyrrole nitrogens is 1. The number of amides is 1. The van der Waals surface area contributed by atoms with E-state index in [9.17, 15) is 4.79 Å². The Morgan fingerprint density at radius 2 is 2.05 bits per heavy atom. The molecule has 1 aromatic heterocycles. The molecule has 0 saturated heterocycles. The minimum Gasteiger partial charge on any atom is -0.492 e. The third-order valence-electron chi connectivity index (χ3n) is 3.19. The molecule has 0 spiro atoms. The largest absolute Gasteiger partial charge is 0.492 e. The van der Waals surface area contributed by atoms with Gasteiger partial charge in [0, 0.05) is 10.4 Å². The number of benzene rings is 2. The van der Waals surface area contributed by atoms with E-state index in [1.54, 1.807) is 36.5 Å². The van der Waals surface area contributed by atoms with Crippen LogP contribution < -0.4 is 10.1 Å². The Bertz CT molecular complexity index is 783. The molecular weight excluding hydrogens is 302 g/mol. The normalized spacial score (nSPS) is 10.6. The molecule has 6 heteroatoms. The van der Waals surface area contributed by atoms with Crippen molar-refractivity contribution in [1.29, 1.82) is 0 Å². The molecule has 1 heterocycles. The molecule has 2 N–H and O–H groups in total. The number of nitrogens with one attached hydrogen (secondary N) is 2. The summed E-state index contributed by atoms with van der Waals surface area (Å²) in [6, 6.07) is 12.6. The fourth-order valence-electron chi connectivity index (χ4n) is 2.12. The van der Waals surface area contributed by atoms with Crippen molar-refractivity contribution in [3.8, 4) is 5.75 Å². The molecular formula is C16H14ClN3O2. The molecule has 1 amide bonds. The van der Waals surface area contributed by atoms with Crippen LogP contribution in [0, 0.1) is 0 Å². The molecule has 3 rings (SSSR count). The Balaban J connectivity index is 1.54. The van der Waals surface area contributed by atoms with Crippen molar-refractivity contribution in [1.82, 2.24) is 15.5 Å². The number of aromatic nitrogens is 2. The Labute approximate surface area is 132 Å². The first-order valence-electron chi connectivity index (χ1n) is 6.83. The van der Waals surface area contributed by atoms with Gasteiger partial charge in [0.1, 0.15) is 12.4 Å². The van der Waals surface area contributed by atoms with Crippen molar-refractivity contribution in [3.63, 3.8) is 0 Å². The summed E-state index contributed by atoms with van der Waals surface area (Å²) in [5.41, 5.74) is 1.31. The Hall–Kier alpha value is -2.53. The van der Waals surface area contributed by atoms with Gasteiger partial charge in [-0.3, -0.25) is 9.89 Å². The lowest BCUT2D eigenvalue weighted by Gasteiger charge is -2.08. The van der Waals surface area contributed by atoms with E-state index in [0.29, 0.717) is 29.5 Å². The molecule has 0 fully saturated rings. The van der Waals surface area contributed by atoms with Gasteiger partial charge in [0.25, 0.3) is 5.91 Å². The SMILES string of the molecule is O=C(NCCOc1ccc(Cl)cc1)c1cccc2cn[nH]c12. The van der Waals surface area contributed by atoms with Crippen LogP contribution in [0.25, 0.3) is 10.9 Å². The second-order valence-corrected chi connectivity index (χ2v) is 5.13. The highest BCUT2D eigenvalue weighted by Crippen LogP contribution is 2.16. The van der Waals surface area contributed by atoms with Crippen molar-refractivity contribution in [2.75, 3.05) is 13.2 Å². The van der Waals surface area contributed by atoms with Crippen molar-refractivity contribution in [2.45, 2.75) is 0 Å². The topological polar surface area (TPSA) is 67.0 Å². The minimum absolute atomic E-state index is 0.158. The number of nitrogens with zero attached hydrogens (tertiary/aromatic N) is 1. The first-order chi connectivity index (χ1) is 10.7. The molecule has 0 bridgehead atoms. The van der Waals surface area contributed by atoms with Crippen LogP contribution in [0.3, 0.4) is 0 Å². The number of carbonyl (C=O) groups is 1. The number of aromatic amines is 1. The summed E-state index contributed by atoms with van der Waals surface area (Å²) in [6.07, 6.45) is 1.69. The van der Waals surface area contributed by atoms with Gasteiger partial charge >= 0.3 is 0 Å². The van der Waals surface area contributed by atoms with Gasteiger partial charge in [-0.2, -0.15) is 5.10 Å². The van der Waals surface area contributed by atoms with Gasteiger partial charge in [0.15, 0.2) is 0 Å². The van der Waals surface area contributed by atoms with Crippen LogP contribution in [0.2, 0.25) is 5.02 Å². The highest BCUT2D eigenvalue weighted by Gasteiger charge is 2.10. The molecule has 0 atom stereocenters. The first kappa shape index (κ1) is 14.4. The monoisotopic (exact) mass is 315 g/mol. The van der Waals surface area contributed by atoms with Gasteiger partial charge in [-0.05, 0) is 30.3 Å². The third-order valence-corrected chi connectivity index (χ3v) is 3.44. The molecule has 5 nitrogen and oxygen atoms in total. The predicted molar refractivity (Wildman–Crippen MR) is 85.4 cm³/mol. The van der Waals surface area contributed by atoms with Gasteiger partial charge in [-0.25, -0.2) is 0 Å². The van der Waals surface area contributed by atoms with E-state index in [-0.39, 0.29) is 5.91 Å². The third kappa shape index (κ3) is 3.20. The zero-order chi connectivity index (χ0) is 15.4. The molecule has 0 aliphatic carbocycles. The van der Waals surface area contributed by atoms with Crippen molar-refractivity contribution in [2.24, 2.45) is 0 Å². The van der Waals surface area contributed by atoms with Crippen LogP contribution >= 0.6 is 11.6 Å². The van der Waals surface area contributed by atoms with Gasteiger partial charge in [0.2, 0.25) is 0 Å². The van der Waals surface area contributed by atoms with Crippen molar-refractivity contribution < 1.29 is 9.53 Å². The molecule has 3 aromatic rings. The smallest absolute Gasteiger partial charge is 0.253 e. The number of carbonyl (C=O) groups excluding carboxylic acids is 1. The van der Waals surface area contributed by atoms with Gasteiger partial charge in [0.05, 0.1) is 23.8 Å².